The number of carbonyl (C=O) groups is 1. The summed E-state index contributed by atoms with van der Waals surface area (Å²) in [5.41, 5.74) is 1.43. The molecule has 2 aromatic rings. The van der Waals surface area contributed by atoms with Gasteiger partial charge in [0.15, 0.2) is 10.7 Å². The second-order valence-electron chi connectivity index (χ2n) is 4.97. The summed E-state index contributed by atoms with van der Waals surface area (Å²) < 4.78 is 36.9. The minimum Gasteiger partial charge on any atom is -0.463 e. The smallest absolute Gasteiger partial charge is 0.330 e. The molecule has 0 bridgehead atoms. The minimum absolute atomic E-state index is 0.0359. The largest absolute Gasteiger partial charge is 0.463 e. The van der Waals surface area contributed by atoms with Crippen LogP contribution in [0.5, 0.6) is 0 Å². The van der Waals surface area contributed by atoms with Crippen molar-refractivity contribution in [3.8, 4) is 0 Å². The van der Waals surface area contributed by atoms with Crippen LogP contribution in [0.4, 0.5) is 5.69 Å². The Morgan fingerprint density at radius 3 is 2.50 bits per heavy atom. The van der Waals surface area contributed by atoms with Crippen LogP contribution >= 0.6 is 0 Å². The monoisotopic (exact) mass is 350 g/mol. The van der Waals surface area contributed by atoms with Gasteiger partial charge in [0.1, 0.15) is 5.69 Å². The number of nitrogens with one attached hydrogen (secondary N) is 1. The first-order valence-corrected chi connectivity index (χ1v) is 8.72. The topological polar surface area (TPSA) is 98.5 Å². The van der Waals surface area contributed by atoms with E-state index in [0.717, 1.165) is 5.56 Å². The number of rotatable bonds is 6. The lowest BCUT2D eigenvalue weighted by molar-refractivity contribution is -0.137. The van der Waals surface area contributed by atoms with E-state index in [1.165, 1.54) is 13.0 Å². The van der Waals surface area contributed by atoms with E-state index in [4.69, 9.17) is 9.26 Å². The normalized spacial score (nSPS) is 11.6. The molecule has 0 saturated carbocycles. The number of anilines is 1. The van der Waals surface area contributed by atoms with Gasteiger partial charge in [0.25, 0.3) is 10.0 Å². The number of aromatic nitrogens is 1. The van der Waals surface area contributed by atoms with Gasteiger partial charge in [-0.2, -0.15) is 0 Å². The van der Waals surface area contributed by atoms with Gasteiger partial charge in [-0.3, -0.25) is 4.72 Å². The Bertz CT molecular complexity index is 832. The standard InChI is InChI=1S/C16H18N2O5S/c1-4-22-15(19)10-7-13-5-8-14(9-6-13)18-24(20,21)16-11(2)17-23-12(16)3/h5-10,18H,4H2,1-3H3/b10-7+. The lowest BCUT2D eigenvalue weighted by atomic mass is 10.2. The Kier molecular flexibility index (Phi) is 5.40. The highest BCUT2D eigenvalue weighted by atomic mass is 32.2. The summed E-state index contributed by atoms with van der Waals surface area (Å²) in [6, 6.07) is 6.56. The van der Waals surface area contributed by atoms with Crippen molar-refractivity contribution >= 4 is 27.8 Å². The van der Waals surface area contributed by atoms with Gasteiger partial charge < -0.3 is 9.26 Å². The van der Waals surface area contributed by atoms with Crippen LogP contribution in [0.25, 0.3) is 6.08 Å². The number of esters is 1. The number of hydrogen-bond acceptors (Lipinski definition) is 6. The molecule has 1 aromatic carbocycles. The molecule has 1 N–H and O–H groups in total. The van der Waals surface area contributed by atoms with Crippen LogP contribution in [0.15, 0.2) is 39.8 Å². The molecule has 0 unspecified atom stereocenters. The molecule has 0 aliphatic rings. The van der Waals surface area contributed by atoms with Crippen molar-refractivity contribution in [2.24, 2.45) is 0 Å². The van der Waals surface area contributed by atoms with Gasteiger partial charge in [-0.15, -0.1) is 0 Å². The van der Waals surface area contributed by atoms with Gasteiger partial charge in [-0.1, -0.05) is 17.3 Å². The molecular weight excluding hydrogens is 332 g/mol. The third-order valence-corrected chi connectivity index (χ3v) is 4.72. The molecule has 128 valence electrons. The first-order valence-electron chi connectivity index (χ1n) is 7.24. The van der Waals surface area contributed by atoms with Gasteiger partial charge in [0, 0.05) is 11.8 Å². The molecule has 0 aliphatic carbocycles. The van der Waals surface area contributed by atoms with Gasteiger partial charge in [0.2, 0.25) is 0 Å². The fraction of sp³-hybridized carbons (Fsp3) is 0.250. The van der Waals surface area contributed by atoms with E-state index in [1.54, 1.807) is 44.2 Å². The second kappa shape index (κ2) is 7.31. The van der Waals surface area contributed by atoms with Crippen LogP contribution in [0.2, 0.25) is 0 Å². The predicted molar refractivity (Wildman–Crippen MR) is 88.9 cm³/mol. The van der Waals surface area contributed by atoms with Gasteiger partial charge >= 0.3 is 5.97 Å². The number of ether oxygens (including phenoxy) is 1. The molecule has 0 fully saturated rings. The second-order valence-corrected chi connectivity index (χ2v) is 6.59. The fourth-order valence-corrected chi connectivity index (χ4v) is 3.47. The molecule has 24 heavy (non-hydrogen) atoms. The van der Waals surface area contributed by atoms with E-state index in [1.807, 2.05) is 0 Å². The van der Waals surface area contributed by atoms with Crippen LogP contribution < -0.4 is 4.72 Å². The molecule has 1 aromatic heterocycles. The lowest BCUT2D eigenvalue weighted by Gasteiger charge is -2.07. The number of nitrogens with zero attached hydrogens (tertiary/aromatic N) is 1. The van der Waals surface area contributed by atoms with E-state index in [2.05, 4.69) is 9.88 Å². The lowest BCUT2D eigenvalue weighted by Crippen LogP contribution is -2.14. The zero-order valence-electron chi connectivity index (χ0n) is 13.6. The fourth-order valence-electron chi connectivity index (χ4n) is 2.08. The maximum Gasteiger partial charge on any atom is 0.330 e. The first-order chi connectivity index (χ1) is 11.3. The summed E-state index contributed by atoms with van der Waals surface area (Å²) in [6.07, 6.45) is 2.90. The molecule has 0 spiro atoms. The number of aryl methyl sites for hydroxylation is 2. The molecule has 7 nitrogen and oxygen atoms in total. The Morgan fingerprint density at radius 2 is 1.96 bits per heavy atom. The first kappa shape index (κ1) is 17.7. The zero-order valence-corrected chi connectivity index (χ0v) is 14.4. The van der Waals surface area contributed by atoms with E-state index in [9.17, 15) is 13.2 Å². The third-order valence-electron chi connectivity index (χ3n) is 3.10. The van der Waals surface area contributed by atoms with Gasteiger partial charge in [-0.05, 0) is 44.5 Å². The molecule has 8 heteroatoms. The van der Waals surface area contributed by atoms with Crippen molar-refractivity contribution in [2.45, 2.75) is 25.7 Å². The van der Waals surface area contributed by atoms with Crippen molar-refractivity contribution < 1.29 is 22.5 Å². The summed E-state index contributed by atoms with van der Waals surface area (Å²) in [7, 11) is -3.78. The molecule has 2 rings (SSSR count). The van der Waals surface area contributed by atoms with Crippen molar-refractivity contribution in [3.05, 3.63) is 47.4 Å². The number of carbonyl (C=O) groups excluding carboxylic acids is 1. The quantitative estimate of drug-likeness (QED) is 0.635. The van der Waals surface area contributed by atoms with Crippen molar-refractivity contribution in [1.82, 2.24) is 5.16 Å². The summed E-state index contributed by atoms with van der Waals surface area (Å²) in [6.45, 7) is 5.14. The van der Waals surface area contributed by atoms with E-state index in [-0.39, 0.29) is 10.7 Å². The van der Waals surface area contributed by atoms with Gasteiger partial charge in [0.05, 0.1) is 6.61 Å². The Hall–Kier alpha value is -2.61. The highest BCUT2D eigenvalue weighted by Crippen LogP contribution is 2.22. The molecule has 0 aliphatic heterocycles. The molecule has 1 heterocycles. The molecule has 0 radical (unpaired) electrons. The molecule has 0 amide bonds. The van der Waals surface area contributed by atoms with Crippen molar-refractivity contribution in [1.29, 1.82) is 0 Å². The van der Waals surface area contributed by atoms with Crippen LogP contribution in [0.1, 0.15) is 23.9 Å². The van der Waals surface area contributed by atoms with Crippen LogP contribution in [-0.2, 0) is 19.6 Å². The maximum atomic E-state index is 12.4. The predicted octanol–water partition coefficient (Wildman–Crippen LogP) is 2.67. The molecule has 0 saturated heterocycles. The number of sulfonamides is 1. The van der Waals surface area contributed by atoms with Gasteiger partial charge in [-0.25, -0.2) is 13.2 Å². The average molecular weight is 350 g/mol. The molecule has 0 atom stereocenters. The van der Waals surface area contributed by atoms with E-state index in [0.29, 0.717) is 18.0 Å². The van der Waals surface area contributed by atoms with Crippen molar-refractivity contribution in [2.75, 3.05) is 11.3 Å². The Labute approximate surface area is 140 Å². The van der Waals surface area contributed by atoms with Crippen LogP contribution in [-0.4, -0.2) is 26.2 Å². The zero-order chi connectivity index (χ0) is 17.7. The maximum absolute atomic E-state index is 12.4. The summed E-state index contributed by atoms with van der Waals surface area (Å²) >= 11 is 0. The SMILES string of the molecule is CCOC(=O)/C=C/c1ccc(NS(=O)(=O)c2c(C)noc2C)cc1. The number of hydrogen-bond donors (Lipinski definition) is 1. The summed E-state index contributed by atoms with van der Waals surface area (Å²) in [4.78, 5) is 11.3. The Balaban J connectivity index is 2.13. The highest BCUT2D eigenvalue weighted by Gasteiger charge is 2.24. The third kappa shape index (κ3) is 4.23. The van der Waals surface area contributed by atoms with Crippen LogP contribution in [0.3, 0.4) is 0 Å². The highest BCUT2D eigenvalue weighted by molar-refractivity contribution is 7.92. The van der Waals surface area contributed by atoms with Crippen LogP contribution in [0, 0.1) is 13.8 Å². The Morgan fingerprint density at radius 1 is 1.29 bits per heavy atom. The average Bonchev–Trinajstić information content (AvgIpc) is 2.86. The number of benzene rings is 1. The van der Waals surface area contributed by atoms with E-state index < -0.39 is 16.0 Å². The summed E-state index contributed by atoms with van der Waals surface area (Å²) in [5.74, 6) is -0.199. The van der Waals surface area contributed by atoms with Crippen molar-refractivity contribution in [3.63, 3.8) is 0 Å². The minimum atomic E-state index is -3.78. The van der Waals surface area contributed by atoms with E-state index >= 15 is 0 Å². The summed E-state index contributed by atoms with van der Waals surface area (Å²) in [5, 5.41) is 3.65. The molecular formula is C16H18N2O5S.